The van der Waals surface area contributed by atoms with E-state index in [0.717, 1.165) is 29.0 Å². The van der Waals surface area contributed by atoms with Crippen molar-refractivity contribution in [3.63, 3.8) is 0 Å². The Morgan fingerprint density at radius 2 is 2.24 bits per heavy atom. The summed E-state index contributed by atoms with van der Waals surface area (Å²) in [7, 11) is 0. The van der Waals surface area contributed by atoms with Crippen LogP contribution in [0.5, 0.6) is 0 Å². The molecule has 4 heteroatoms. The lowest BCUT2D eigenvalue weighted by atomic mass is 9.91. The third-order valence-corrected chi connectivity index (χ3v) is 5.74. The van der Waals surface area contributed by atoms with E-state index in [9.17, 15) is 4.79 Å². The van der Waals surface area contributed by atoms with E-state index in [0.29, 0.717) is 0 Å². The molecule has 1 aliphatic carbocycles. The van der Waals surface area contributed by atoms with E-state index in [1.54, 1.807) is 0 Å². The quantitative estimate of drug-likeness (QED) is 0.884. The third-order valence-electron chi connectivity index (χ3n) is 4.46. The Labute approximate surface area is 131 Å². The highest BCUT2D eigenvalue weighted by atomic mass is 32.2. The monoisotopic (exact) mass is 304 g/mol. The lowest BCUT2D eigenvalue weighted by molar-refractivity contribution is -0.117. The molecular weight excluding hydrogens is 280 g/mol. The van der Waals surface area contributed by atoms with Gasteiger partial charge in [-0.15, -0.1) is 11.8 Å². The van der Waals surface area contributed by atoms with Crippen molar-refractivity contribution in [3.8, 4) is 0 Å². The molecule has 2 N–H and O–H groups in total. The van der Waals surface area contributed by atoms with E-state index in [1.807, 2.05) is 18.7 Å². The summed E-state index contributed by atoms with van der Waals surface area (Å²) in [5.41, 5.74) is 2.07. The fourth-order valence-corrected chi connectivity index (χ4v) is 4.83. The largest absolute Gasteiger partial charge is 0.324 e. The molecule has 1 saturated carbocycles. The van der Waals surface area contributed by atoms with Crippen molar-refractivity contribution >= 4 is 23.4 Å². The van der Waals surface area contributed by atoms with Crippen LogP contribution in [-0.4, -0.2) is 17.7 Å². The standard InChI is InChI=1S/C17H24N2OS/c1-3-18-16-14-8-7-13(10-15(14)19-17(16)20)21-12-6-4-5-11(2)9-12/h7-8,10-12,16,18H,3-6,9H2,1-2H3,(H,19,20). The fraction of sp³-hybridized carbons (Fsp3) is 0.588. The summed E-state index contributed by atoms with van der Waals surface area (Å²) < 4.78 is 0. The summed E-state index contributed by atoms with van der Waals surface area (Å²) in [6.45, 7) is 5.18. The average Bonchev–Trinajstić information content (AvgIpc) is 2.75. The Balaban J connectivity index is 1.72. The van der Waals surface area contributed by atoms with Gasteiger partial charge in [-0.05, 0) is 37.4 Å². The number of hydrogen-bond acceptors (Lipinski definition) is 3. The Morgan fingerprint density at radius 1 is 1.38 bits per heavy atom. The van der Waals surface area contributed by atoms with Gasteiger partial charge >= 0.3 is 0 Å². The molecule has 0 spiro atoms. The molecule has 1 amide bonds. The molecule has 1 heterocycles. The molecule has 0 radical (unpaired) electrons. The summed E-state index contributed by atoms with van der Waals surface area (Å²) in [6, 6.07) is 6.25. The van der Waals surface area contributed by atoms with Crippen LogP contribution in [0.2, 0.25) is 0 Å². The summed E-state index contributed by atoms with van der Waals surface area (Å²) in [6.07, 6.45) is 5.36. The molecule has 3 nitrogen and oxygen atoms in total. The predicted molar refractivity (Wildman–Crippen MR) is 88.8 cm³/mol. The zero-order chi connectivity index (χ0) is 14.8. The summed E-state index contributed by atoms with van der Waals surface area (Å²) >= 11 is 1.98. The van der Waals surface area contributed by atoms with E-state index in [1.165, 1.54) is 30.6 Å². The van der Waals surface area contributed by atoms with Gasteiger partial charge in [-0.1, -0.05) is 32.8 Å². The van der Waals surface area contributed by atoms with Gasteiger partial charge in [-0.3, -0.25) is 4.79 Å². The summed E-state index contributed by atoms with van der Waals surface area (Å²) in [5.74, 6) is 0.920. The zero-order valence-electron chi connectivity index (χ0n) is 12.8. The molecule has 1 fully saturated rings. The van der Waals surface area contributed by atoms with Gasteiger partial charge < -0.3 is 10.6 Å². The maximum atomic E-state index is 12.0. The van der Waals surface area contributed by atoms with E-state index in [4.69, 9.17) is 0 Å². The third kappa shape index (κ3) is 3.27. The number of nitrogens with one attached hydrogen (secondary N) is 2. The van der Waals surface area contributed by atoms with E-state index < -0.39 is 0 Å². The fourth-order valence-electron chi connectivity index (χ4n) is 3.40. The van der Waals surface area contributed by atoms with E-state index >= 15 is 0 Å². The number of carbonyl (C=O) groups excluding carboxylic acids is 1. The molecule has 3 atom stereocenters. The van der Waals surface area contributed by atoms with Crippen LogP contribution in [-0.2, 0) is 4.79 Å². The van der Waals surface area contributed by atoms with Crippen LogP contribution in [0, 0.1) is 5.92 Å². The number of carbonyl (C=O) groups is 1. The molecular formula is C17H24N2OS. The minimum Gasteiger partial charge on any atom is -0.324 e. The minimum absolute atomic E-state index is 0.0697. The smallest absolute Gasteiger partial charge is 0.246 e. The number of likely N-dealkylation sites (N-methyl/N-ethyl adjacent to an activating group) is 1. The Hall–Kier alpha value is -1.00. The van der Waals surface area contributed by atoms with Gasteiger partial charge in [0.2, 0.25) is 5.91 Å². The van der Waals surface area contributed by atoms with Crippen molar-refractivity contribution in [1.82, 2.24) is 5.32 Å². The van der Waals surface area contributed by atoms with Crippen molar-refractivity contribution in [3.05, 3.63) is 23.8 Å². The predicted octanol–water partition coefficient (Wildman–Crippen LogP) is 3.96. The van der Waals surface area contributed by atoms with Crippen molar-refractivity contribution < 1.29 is 4.79 Å². The molecule has 1 aliphatic heterocycles. The SMILES string of the molecule is CCNC1C(=O)Nc2cc(SC3CCCC(C)C3)ccc21. The number of rotatable bonds is 4. The molecule has 1 aromatic carbocycles. The van der Waals surface area contributed by atoms with Crippen LogP contribution in [0.15, 0.2) is 23.1 Å². The van der Waals surface area contributed by atoms with Gasteiger partial charge in [-0.2, -0.15) is 0 Å². The van der Waals surface area contributed by atoms with Gasteiger partial charge in [-0.25, -0.2) is 0 Å². The number of anilines is 1. The molecule has 21 heavy (non-hydrogen) atoms. The highest BCUT2D eigenvalue weighted by Crippen LogP contribution is 2.39. The molecule has 2 aliphatic rings. The average molecular weight is 304 g/mol. The van der Waals surface area contributed by atoms with Crippen LogP contribution in [0.1, 0.15) is 51.1 Å². The van der Waals surface area contributed by atoms with Crippen LogP contribution in [0.25, 0.3) is 0 Å². The van der Waals surface area contributed by atoms with Gasteiger partial charge in [0, 0.05) is 21.4 Å². The zero-order valence-corrected chi connectivity index (χ0v) is 13.6. The van der Waals surface area contributed by atoms with Crippen LogP contribution in [0.3, 0.4) is 0 Å². The first-order valence-electron chi connectivity index (χ1n) is 8.02. The van der Waals surface area contributed by atoms with Crippen LogP contribution in [0.4, 0.5) is 5.69 Å². The molecule has 3 rings (SSSR count). The van der Waals surface area contributed by atoms with Gasteiger partial charge in [0.05, 0.1) is 0 Å². The maximum Gasteiger partial charge on any atom is 0.246 e. The molecule has 0 saturated heterocycles. The first-order chi connectivity index (χ1) is 10.2. The van der Waals surface area contributed by atoms with Gasteiger partial charge in [0.15, 0.2) is 0 Å². The second-order valence-corrected chi connectivity index (χ2v) is 7.61. The van der Waals surface area contributed by atoms with Crippen molar-refractivity contribution in [2.75, 3.05) is 11.9 Å². The first kappa shape index (κ1) is 14.9. The summed E-state index contributed by atoms with van der Waals surface area (Å²) in [4.78, 5) is 13.3. The lowest BCUT2D eigenvalue weighted by Gasteiger charge is -2.26. The number of hydrogen-bond donors (Lipinski definition) is 2. The van der Waals surface area contributed by atoms with Crippen molar-refractivity contribution in [1.29, 1.82) is 0 Å². The first-order valence-corrected chi connectivity index (χ1v) is 8.90. The van der Waals surface area contributed by atoms with Gasteiger partial charge in [0.25, 0.3) is 0 Å². The summed E-state index contributed by atoms with van der Waals surface area (Å²) in [5, 5.41) is 6.97. The molecule has 0 aromatic heterocycles. The highest BCUT2D eigenvalue weighted by molar-refractivity contribution is 8.00. The topological polar surface area (TPSA) is 41.1 Å². The number of thioether (sulfide) groups is 1. The van der Waals surface area contributed by atoms with E-state index in [2.05, 4.69) is 35.8 Å². The second kappa shape index (κ2) is 6.41. The Morgan fingerprint density at radius 3 is 3.00 bits per heavy atom. The van der Waals surface area contributed by atoms with Gasteiger partial charge in [0.1, 0.15) is 6.04 Å². The van der Waals surface area contributed by atoms with Crippen molar-refractivity contribution in [2.45, 2.75) is 55.7 Å². The number of benzene rings is 1. The highest BCUT2D eigenvalue weighted by Gasteiger charge is 2.30. The maximum absolute atomic E-state index is 12.0. The number of amides is 1. The number of fused-ring (bicyclic) bond motifs is 1. The molecule has 0 bridgehead atoms. The molecule has 114 valence electrons. The second-order valence-electron chi connectivity index (χ2n) is 6.24. The molecule has 3 unspecified atom stereocenters. The minimum atomic E-state index is -0.182. The van der Waals surface area contributed by atoms with Crippen LogP contribution >= 0.6 is 11.8 Å². The van der Waals surface area contributed by atoms with E-state index in [-0.39, 0.29) is 11.9 Å². The van der Waals surface area contributed by atoms with Crippen LogP contribution < -0.4 is 10.6 Å². The lowest BCUT2D eigenvalue weighted by Crippen LogP contribution is -2.27. The molecule has 1 aromatic rings. The Kier molecular flexibility index (Phi) is 4.55. The normalized spacial score (nSPS) is 28.3. The Bertz CT molecular complexity index is 532. The van der Waals surface area contributed by atoms with Crippen molar-refractivity contribution in [2.24, 2.45) is 5.92 Å².